The number of benzene rings is 1. The summed E-state index contributed by atoms with van der Waals surface area (Å²) in [5.74, 6) is 0. The minimum Gasteiger partial charge on any atom is -0.374 e. The highest BCUT2D eigenvalue weighted by atomic mass is 79.9. The van der Waals surface area contributed by atoms with E-state index in [0.29, 0.717) is 17.7 Å². The highest BCUT2D eigenvalue weighted by molar-refractivity contribution is 9.50. The van der Waals surface area contributed by atoms with E-state index >= 15 is 0 Å². The lowest BCUT2D eigenvalue weighted by molar-refractivity contribution is -0.142. The highest BCUT2D eigenvalue weighted by Gasteiger charge is 2.42. The maximum absolute atomic E-state index is 14.3. The lowest BCUT2D eigenvalue weighted by Gasteiger charge is -2.24. The first-order valence-electron chi connectivity index (χ1n) is 13.7. The second-order valence-corrected chi connectivity index (χ2v) is 12.6. The zero-order valence-corrected chi connectivity index (χ0v) is 28.7. The molecule has 0 unspecified atom stereocenters. The fourth-order valence-corrected chi connectivity index (χ4v) is 4.64. The van der Waals surface area contributed by atoms with E-state index in [1.54, 1.807) is 40.8 Å². The predicted octanol–water partition coefficient (Wildman–Crippen LogP) is 9.63. The summed E-state index contributed by atoms with van der Waals surface area (Å²) in [6.45, 7) is 9.61. The van der Waals surface area contributed by atoms with Gasteiger partial charge in [0.05, 0.1) is 11.1 Å². The molecule has 3 N–H and O–H groups in total. The van der Waals surface area contributed by atoms with Crippen molar-refractivity contribution in [1.29, 1.82) is 0 Å². The molecule has 0 aliphatic carbocycles. The molecule has 2 aromatic rings. The first-order valence-corrected chi connectivity index (χ1v) is 18.2. The van der Waals surface area contributed by atoms with Crippen LogP contribution in [0.1, 0.15) is 59.7 Å². The van der Waals surface area contributed by atoms with Gasteiger partial charge in [-0.2, -0.15) is 26.3 Å². The van der Waals surface area contributed by atoms with Crippen molar-refractivity contribution in [3.63, 3.8) is 0 Å². The third-order valence-corrected chi connectivity index (χ3v) is 6.94. The molecule has 1 aliphatic heterocycles. The zero-order chi connectivity index (χ0) is 33.7. The van der Waals surface area contributed by atoms with Gasteiger partial charge in [-0.1, -0.05) is 54.4 Å². The van der Waals surface area contributed by atoms with Gasteiger partial charge in [-0.15, -0.1) is 0 Å². The van der Waals surface area contributed by atoms with Gasteiger partial charge in [-0.25, -0.2) is 0 Å². The number of halogens is 7. The van der Waals surface area contributed by atoms with Crippen LogP contribution in [0.3, 0.4) is 0 Å². The average molecular weight is 731 g/mol. The summed E-state index contributed by atoms with van der Waals surface area (Å²) >= 11 is 3.06. The fourth-order valence-electron chi connectivity index (χ4n) is 4.34. The van der Waals surface area contributed by atoms with E-state index in [9.17, 15) is 26.3 Å². The largest absolute Gasteiger partial charge is 0.417 e. The molecule has 0 bridgehead atoms. The summed E-state index contributed by atoms with van der Waals surface area (Å²) in [4.78, 5) is 19.9. The molecule has 3 rings (SSSR count). The molecule has 246 valence electrons. The fraction of sp³-hybridized carbons (Fsp3) is 0.400. The molecular formula is C30H39BrF6N3O2PS. The van der Waals surface area contributed by atoms with Gasteiger partial charge in [0.1, 0.15) is 0 Å². The van der Waals surface area contributed by atoms with Crippen molar-refractivity contribution in [2.24, 2.45) is 0 Å². The van der Waals surface area contributed by atoms with Gasteiger partial charge in [0, 0.05) is 38.2 Å². The monoisotopic (exact) mass is 729 g/mol. The van der Waals surface area contributed by atoms with Crippen molar-refractivity contribution < 1.29 is 36.1 Å². The highest BCUT2D eigenvalue weighted by Crippen LogP contribution is 2.45. The smallest absolute Gasteiger partial charge is 0.374 e. The summed E-state index contributed by atoms with van der Waals surface area (Å²) in [5, 5.41) is 0. The number of hydrogen-bond donors (Lipinski definition) is 3. The Balaban J connectivity index is 0.00000182. The number of hydrogen-bond acceptors (Lipinski definition) is 5. The van der Waals surface area contributed by atoms with Crippen LogP contribution in [0.15, 0.2) is 48.5 Å². The van der Waals surface area contributed by atoms with E-state index in [2.05, 4.69) is 20.2 Å². The van der Waals surface area contributed by atoms with Crippen LogP contribution in [0.2, 0.25) is 0 Å². The molecule has 0 atom stereocenters. The Bertz CT molecular complexity index is 1320. The molecule has 44 heavy (non-hydrogen) atoms. The molecule has 1 aromatic carbocycles. The molecule has 0 saturated heterocycles. The quantitative estimate of drug-likeness (QED) is 0.177. The third-order valence-electron chi connectivity index (χ3n) is 6.32. The van der Waals surface area contributed by atoms with Crippen LogP contribution in [0.4, 0.5) is 26.3 Å². The Labute approximate surface area is 268 Å². The second-order valence-electron chi connectivity index (χ2n) is 9.11. The summed E-state index contributed by atoms with van der Waals surface area (Å²) in [5.41, 5.74) is -0.397. The van der Waals surface area contributed by atoms with Crippen LogP contribution < -0.4 is 5.43 Å². The van der Waals surface area contributed by atoms with Crippen molar-refractivity contribution >= 4 is 51.6 Å². The van der Waals surface area contributed by atoms with Crippen molar-refractivity contribution in [2.45, 2.75) is 47.0 Å². The van der Waals surface area contributed by atoms with Crippen molar-refractivity contribution in [3.8, 4) is 0 Å². The Hall–Kier alpha value is -2.18. The molecule has 0 radical (unpaired) electrons. The van der Waals surface area contributed by atoms with Crippen LogP contribution in [0, 0.1) is 13.8 Å². The first kappa shape index (κ1) is 39.8. The van der Waals surface area contributed by atoms with E-state index in [1.165, 1.54) is 23.0 Å². The van der Waals surface area contributed by atoms with Crippen LogP contribution in [-0.2, 0) is 12.4 Å². The predicted molar refractivity (Wildman–Crippen MR) is 177 cm³/mol. The summed E-state index contributed by atoms with van der Waals surface area (Å²) in [6.07, 6.45) is 5.54. The van der Waals surface area contributed by atoms with Crippen LogP contribution in [-0.4, -0.2) is 51.4 Å². The minimum atomic E-state index is -4.90. The van der Waals surface area contributed by atoms with Crippen molar-refractivity contribution in [3.05, 3.63) is 87.4 Å². The van der Waals surface area contributed by atoms with Crippen molar-refractivity contribution in [2.75, 3.05) is 37.5 Å². The molecule has 0 amide bonds. The lowest BCUT2D eigenvalue weighted by atomic mass is 9.86. The Morgan fingerprint density at radius 2 is 1.50 bits per heavy atom. The molecule has 0 spiro atoms. The number of nitrogens with zero attached hydrogens (tertiary/aromatic N) is 2. The molecule has 0 saturated carbocycles. The maximum atomic E-state index is 14.3. The molecule has 5 nitrogen and oxygen atoms in total. The van der Waals surface area contributed by atoms with E-state index in [4.69, 9.17) is 9.79 Å². The summed E-state index contributed by atoms with van der Waals surface area (Å²) in [6, 6.07) is 1.56. The molecule has 2 heterocycles. The van der Waals surface area contributed by atoms with Gasteiger partial charge < -0.3 is 20.1 Å². The Morgan fingerprint density at radius 1 is 0.977 bits per heavy atom. The van der Waals surface area contributed by atoms with Gasteiger partial charge in [0.15, 0.2) is 8.38 Å². The van der Waals surface area contributed by atoms with E-state index in [-0.39, 0.29) is 12.7 Å². The Kier molecular flexibility index (Phi) is 16.9. The van der Waals surface area contributed by atoms with Gasteiger partial charge >= 0.3 is 12.4 Å². The number of allylic oxidation sites excluding steroid dienone is 3. The summed E-state index contributed by atoms with van der Waals surface area (Å²) in [7, 11) is -0.513. The zero-order valence-electron chi connectivity index (χ0n) is 25.4. The van der Waals surface area contributed by atoms with E-state index < -0.39 is 54.1 Å². The number of aromatic nitrogens is 1. The van der Waals surface area contributed by atoms with E-state index in [1.807, 2.05) is 31.9 Å². The minimum absolute atomic E-state index is 0.109. The number of nitrogens with one attached hydrogen (secondary N) is 1. The maximum Gasteiger partial charge on any atom is 0.417 e. The number of rotatable bonds is 9. The normalized spacial score (nSPS) is 13.6. The van der Waals surface area contributed by atoms with Crippen LogP contribution in [0.5, 0.6) is 0 Å². The van der Waals surface area contributed by atoms with Gasteiger partial charge in [-0.05, 0) is 93.6 Å². The number of alkyl halides is 6. The molecule has 1 aliphatic rings. The average Bonchev–Trinajstić information content (AvgIpc) is 3.40. The van der Waals surface area contributed by atoms with Gasteiger partial charge in [-0.3, -0.25) is 4.68 Å². The van der Waals surface area contributed by atoms with Crippen LogP contribution >= 0.6 is 33.4 Å². The van der Waals surface area contributed by atoms with E-state index in [0.717, 1.165) is 32.5 Å². The topological polar surface area (TPSA) is 60.7 Å². The molecule has 14 heteroatoms. The standard InChI is InChI=1S/C27H30F6N3O2P.C2H6.CH3BrS/c1-4-35-13-9-20(10-14-35)5-7-22-18(2)25(27(31,32)33)23(19(3)24(22)26(28,29)30)8-6-21-11-15-36(17-21)34-12-16-39(37)38;1-2;1-3-2/h5-11,13,15,17,34,37-38H,4,12,14,16H2,1-3H3;1-2H3;1H3/b7-5+,8-6+;;. The second kappa shape index (κ2) is 18.7. The summed E-state index contributed by atoms with van der Waals surface area (Å²) < 4.78 is 87.2. The molecule has 1 aromatic heterocycles. The Morgan fingerprint density at radius 3 is 1.93 bits per heavy atom. The van der Waals surface area contributed by atoms with Crippen molar-refractivity contribution in [1.82, 2.24) is 9.58 Å². The lowest BCUT2D eigenvalue weighted by Crippen LogP contribution is -2.19. The SMILES string of the molecule is CC.CCN1C=CC(/C=C/c2c(C)c(C(F)(F)F)c(/C=C/c3ccn(NCCP(O)O)c3)c(C)c2C(F)(F)F)=CC1.CSBr. The number of likely N-dealkylation sites (N-methyl/N-ethyl adjacent to an activating group) is 1. The third kappa shape index (κ3) is 12.0. The molecular weight excluding hydrogens is 691 g/mol. The van der Waals surface area contributed by atoms with Gasteiger partial charge in [0.2, 0.25) is 0 Å². The van der Waals surface area contributed by atoms with Crippen LogP contribution in [0.25, 0.3) is 18.2 Å². The van der Waals surface area contributed by atoms with Gasteiger partial charge in [0.25, 0.3) is 0 Å². The molecule has 0 fully saturated rings. The first-order chi connectivity index (χ1) is 20.6.